The number of benzene rings is 2. The molecule has 0 radical (unpaired) electrons. The van der Waals surface area contributed by atoms with Gasteiger partial charge in [0.15, 0.2) is 0 Å². The molecule has 0 atom stereocenters. The van der Waals surface area contributed by atoms with Crippen molar-refractivity contribution in [3.63, 3.8) is 0 Å². The van der Waals surface area contributed by atoms with Gasteiger partial charge in [0.05, 0.1) is 10.6 Å². The Morgan fingerprint density at radius 1 is 1.03 bits per heavy atom. The van der Waals surface area contributed by atoms with Crippen LogP contribution in [0.5, 0.6) is 5.75 Å². The second kappa shape index (κ2) is 9.46. The fourth-order valence-electron chi connectivity index (χ4n) is 2.84. The van der Waals surface area contributed by atoms with Crippen LogP contribution in [-0.4, -0.2) is 24.4 Å². The van der Waals surface area contributed by atoms with Crippen molar-refractivity contribution in [1.29, 1.82) is 0 Å². The van der Waals surface area contributed by atoms with Crippen LogP contribution in [0, 0.1) is 12.3 Å². The monoisotopic (exact) mass is 465 g/mol. The zero-order chi connectivity index (χ0) is 24.2. The van der Waals surface area contributed by atoms with Crippen LogP contribution >= 0.6 is 0 Å². The minimum atomic E-state index is -3.75. The summed E-state index contributed by atoms with van der Waals surface area (Å²) >= 11 is 0. The fraction of sp³-hybridized carbons (Fsp3) is 0.200. The number of anilines is 2. The molecular formula is C25H27N3O4S. The van der Waals surface area contributed by atoms with E-state index in [2.05, 4.69) is 15.0 Å². The first-order chi connectivity index (χ1) is 15.5. The molecule has 8 heteroatoms. The third-order valence-electron chi connectivity index (χ3n) is 4.85. The van der Waals surface area contributed by atoms with Crippen molar-refractivity contribution in [2.24, 2.45) is 5.41 Å². The predicted molar refractivity (Wildman–Crippen MR) is 131 cm³/mol. The summed E-state index contributed by atoms with van der Waals surface area (Å²) < 4.78 is 27.6. The lowest BCUT2D eigenvalue weighted by Gasteiger charge is -2.19. The highest BCUT2D eigenvalue weighted by atomic mass is 32.2. The minimum absolute atomic E-state index is 0.0892. The summed E-state index contributed by atoms with van der Waals surface area (Å²) in [5.74, 6) is 0.163. The molecule has 0 spiro atoms. The Morgan fingerprint density at radius 3 is 2.33 bits per heavy atom. The largest absolute Gasteiger partial charge is 0.508 e. The maximum atomic E-state index is 12.6. The first kappa shape index (κ1) is 24.0. The van der Waals surface area contributed by atoms with E-state index >= 15 is 0 Å². The number of pyridine rings is 1. The van der Waals surface area contributed by atoms with E-state index in [1.807, 2.05) is 20.8 Å². The molecule has 3 rings (SSSR count). The van der Waals surface area contributed by atoms with E-state index in [-0.39, 0.29) is 22.4 Å². The number of hydrogen-bond acceptors (Lipinski definition) is 5. The lowest BCUT2D eigenvalue weighted by Crippen LogP contribution is -2.27. The number of carbonyl (C=O) groups excluding carboxylic acids is 1. The molecule has 3 N–H and O–H groups in total. The van der Waals surface area contributed by atoms with E-state index in [1.165, 1.54) is 24.4 Å². The second-order valence-electron chi connectivity index (χ2n) is 8.65. The fourth-order valence-corrected chi connectivity index (χ4v) is 3.85. The van der Waals surface area contributed by atoms with Gasteiger partial charge in [-0.05, 0) is 53.9 Å². The molecule has 1 amide bonds. The van der Waals surface area contributed by atoms with Gasteiger partial charge in [0, 0.05) is 17.7 Å². The Labute approximate surface area is 194 Å². The molecule has 0 aliphatic rings. The summed E-state index contributed by atoms with van der Waals surface area (Å²) in [4.78, 5) is 16.5. The van der Waals surface area contributed by atoms with Gasteiger partial charge in [0.1, 0.15) is 11.6 Å². The molecule has 0 aliphatic carbocycles. The zero-order valence-corrected chi connectivity index (χ0v) is 19.8. The Morgan fingerprint density at radius 2 is 1.73 bits per heavy atom. The van der Waals surface area contributed by atoms with Crippen molar-refractivity contribution in [1.82, 2.24) is 4.98 Å². The van der Waals surface area contributed by atoms with E-state index in [9.17, 15) is 18.3 Å². The van der Waals surface area contributed by atoms with Crippen LogP contribution in [0.15, 0.2) is 65.7 Å². The number of rotatable bonds is 6. The molecule has 0 bridgehead atoms. The lowest BCUT2D eigenvalue weighted by atomic mass is 9.95. The highest BCUT2D eigenvalue weighted by Gasteiger charge is 2.22. The number of phenolic OH excluding ortho intramolecular Hbond substituents is 1. The first-order valence-electron chi connectivity index (χ1n) is 10.3. The summed E-state index contributed by atoms with van der Waals surface area (Å²) in [6.45, 7) is 7.20. The lowest BCUT2D eigenvalue weighted by molar-refractivity contribution is -0.123. The number of aromatic nitrogens is 1. The van der Waals surface area contributed by atoms with E-state index in [0.29, 0.717) is 11.3 Å². The summed E-state index contributed by atoms with van der Waals surface area (Å²) in [6, 6.07) is 14.7. The van der Waals surface area contributed by atoms with Crippen molar-refractivity contribution in [3.8, 4) is 5.75 Å². The molecular weight excluding hydrogens is 438 g/mol. The molecule has 0 saturated carbocycles. The van der Waals surface area contributed by atoms with E-state index in [1.54, 1.807) is 55.5 Å². The molecule has 172 valence electrons. The Bertz CT molecular complexity index is 1280. The normalized spacial score (nSPS) is 12.0. The van der Waals surface area contributed by atoms with Crippen LogP contribution in [0.3, 0.4) is 0 Å². The van der Waals surface area contributed by atoms with Gasteiger partial charge in [-0.3, -0.25) is 9.52 Å². The van der Waals surface area contributed by atoms with Crippen molar-refractivity contribution in [2.75, 3.05) is 10.0 Å². The number of amides is 1. The van der Waals surface area contributed by atoms with Gasteiger partial charge in [-0.15, -0.1) is 0 Å². The Hall–Kier alpha value is -3.65. The number of hydrogen-bond donors (Lipinski definition) is 3. The first-order valence-corrected chi connectivity index (χ1v) is 11.8. The minimum Gasteiger partial charge on any atom is -0.508 e. The number of phenols is 1. The van der Waals surface area contributed by atoms with Gasteiger partial charge < -0.3 is 10.4 Å². The maximum absolute atomic E-state index is 12.6. The topological polar surface area (TPSA) is 108 Å². The van der Waals surface area contributed by atoms with Gasteiger partial charge in [-0.2, -0.15) is 0 Å². The molecule has 7 nitrogen and oxygen atoms in total. The standard InChI is InChI=1S/C25H27N3O4S/c1-17-15-19(21(16-22(17)29)27-24(30)25(2,3)4)11-8-18-9-12-20(13-10-18)33(31,32)28-23-7-5-6-14-26-23/h5-16,29H,1-4H3,(H,26,28)(H,27,30)/b11-8+. The molecule has 1 heterocycles. The summed E-state index contributed by atoms with van der Waals surface area (Å²) in [5.41, 5.74) is 2.06. The average molecular weight is 466 g/mol. The Balaban J connectivity index is 1.82. The molecule has 0 unspecified atom stereocenters. The highest BCUT2D eigenvalue weighted by Crippen LogP contribution is 2.29. The number of nitrogens with zero attached hydrogens (tertiary/aromatic N) is 1. The molecule has 1 aromatic heterocycles. The van der Waals surface area contributed by atoms with Crippen LogP contribution in [0.25, 0.3) is 12.2 Å². The highest BCUT2D eigenvalue weighted by molar-refractivity contribution is 7.92. The van der Waals surface area contributed by atoms with Crippen molar-refractivity contribution >= 4 is 39.6 Å². The smallest absolute Gasteiger partial charge is 0.263 e. The van der Waals surface area contributed by atoms with Crippen LogP contribution in [0.4, 0.5) is 11.5 Å². The summed E-state index contributed by atoms with van der Waals surface area (Å²) in [5, 5.41) is 13.0. The predicted octanol–water partition coefficient (Wildman–Crippen LogP) is 5.05. The number of carbonyl (C=O) groups is 1. The number of sulfonamides is 1. The van der Waals surface area contributed by atoms with Gasteiger partial charge in [0.2, 0.25) is 5.91 Å². The van der Waals surface area contributed by atoms with E-state index < -0.39 is 15.4 Å². The zero-order valence-electron chi connectivity index (χ0n) is 19.0. The maximum Gasteiger partial charge on any atom is 0.263 e. The van der Waals surface area contributed by atoms with Crippen LogP contribution in [0.2, 0.25) is 0 Å². The third-order valence-corrected chi connectivity index (χ3v) is 6.22. The molecule has 0 saturated heterocycles. The van der Waals surface area contributed by atoms with Crippen LogP contribution < -0.4 is 10.0 Å². The second-order valence-corrected chi connectivity index (χ2v) is 10.3. The number of aryl methyl sites for hydroxylation is 1. The van der Waals surface area contributed by atoms with E-state index in [4.69, 9.17) is 0 Å². The SMILES string of the molecule is Cc1cc(/C=C/c2ccc(S(=O)(=O)Nc3ccccn3)cc2)c(NC(=O)C(C)(C)C)cc1O. The molecule has 2 aromatic carbocycles. The van der Waals surface area contributed by atoms with Crippen LogP contribution in [0.1, 0.15) is 37.5 Å². The van der Waals surface area contributed by atoms with Gasteiger partial charge in [-0.25, -0.2) is 13.4 Å². The molecule has 0 fully saturated rings. The molecule has 0 aliphatic heterocycles. The van der Waals surface area contributed by atoms with Gasteiger partial charge in [0.25, 0.3) is 10.0 Å². The Kier molecular flexibility index (Phi) is 6.88. The van der Waals surface area contributed by atoms with Gasteiger partial charge in [-0.1, -0.05) is 51.1 Å². The van der Waals surface area contributed by atoms with Crippen molar-refractivity contribution < 1.29 is 18.3 Å². The number of aromatic hydroxyl groups is 1. The van der Waals surface area contributed by atoms with Gasteiger partial charge >= 0.3 is 0 Å². The van der Waals surface area contributed by atoms with Crippen LogP contribution in [-0.2, 0) is 14.8 Å². The molecule has 3 aromatic rings. The van der Waals surface area contributed by atoms with E-state index in [0.717, 1.165) is 11.1 Å². The summed E-state index contributed by atoms with van der Waals surface area (Å²) in [7, 11) is -3.75. The van der Waals surface area contributed by atoms with Crippen molar-refractivity contribution in [2.45, 2.75) is 32.6 Å². The number of nitrogens with one attached hydrogen (secondary N) is 2. The third kappa shape index (κ3) is 6.20. The quantitative estimate of drug-likeness (QED) is 0.442. The average Bonchev–Trinajstić information content (AvgIpc) is 2.75. The van der Waals surface area contributed by atoms with Crippen molar-refractivity contribution in [3.05, 3.63) is 77.5 Å². The molecule has 33 heavy (non-hydrogen) atoms. The summed E-state index contributed by atoms with van der Waals surface area (Å²) in [6.07, 6.45) is 5.12.